The van der Waals surface area contributed by atoms with Crippen molar-refractivity contribution in [1.29, 1.82) is 0 Å². The van der Waals surface area contributed by atoms with Crippen molar-refractivity contribution < 1.29 is 9.92 Å². The maximum Gasteiger partial charge on any atom is 0.294 e. The fraction of sp³-hybridized carbons (Fsp3) is 0.900. The molecule has 0 bridgehead atoms. The summed E-state index contributed by atoms with van der Waals surface area (Å²) in [7, 11) is 0. The minimum atomic E-state index is -0.713. The number of rotatable bonds is 6. The molecular weight excluding hydrogens is 182 g/mol. The molecule has 0 aliphatic heterocycles. The van der Waals surface area contributed by atoms with E-state index in [-0.39, 0.29) is 6.61 Å². The van der Waals surface area contributed by atoms with Crippen LogP contribution >= 0.6 is 0 Å². The van der Waals surface area contributed by atoms with Crippen molar-refractivity contribution >= 4 is 0 Å². The smallest absolute Gasteiger partial charge is 0.294 e. The van der Waals surface area contributed by atoms with Crippen LogP contribution < -0.4 is 0 Å². The van der Waals surface area contributed by atoms with E-state index in [1.165, 1.54) is 32.1 Å². The van der Waals surface area contributed by atoms with Gasteiger partial charge in [0.15, 0.2) is 0 Å². The van der Waals surface area contributed by atoms with Gasteiger partial charge in [0.25, 0.3) is 5.09 Å². The van der Waals surface area contributed by atoms with Crippen LogP contribution in [0.4, 0.5) is 0 Å². The van der Waals surface area contributed by atoms with Gasteiger partial charge >= 0.3 is 0 Å². The Morgan fingerprint density at radius 2 is 2.07 bits per heavy atom. The fourth-order valence-corrected chi connectivity index (χ4v) is 1.96. The number of nitrogens with zero attached hydrogens (tertiary/aromatic N) is 1. The highest BCUT2D eigenvalue weighted by Gasteiger charge is 2.12. The van der Waals surface area contributed by atoms with Crippen LogP contribution in [0.15, 0.2) is 0 Å². The topological polar surface area (TPSA) is 52.4 Å². The minimum Gasteiger partial charge on any atom is -0.314 e. The third-order valence-electron chi connectivity index (χ3n) is 2.76. The van der Waals surface area contributed by atoms with Crippen LogP contribution in [0.1, 0.15) is 44.9 Å². The van der Waals surface area contributed by atoms with Gasteiger partial charge in [-0.3, -0.25) is 0 Å². The Labute approximate surface area is 84.7 Å². The third-order valence-corrected chi connectivity index (χ3v) is 2.76. The normalized spacial score (nSPS) is 18.0. The summed E-state index contributed by atoms with van der Waals surface area (Å²) in [6, 6.07) is 0. The van der Waals surface area contributed by atoms with E-state index in [0.717, 1.165) is 18.8 Å². The standard InChI is InChI=1S/C10H18NO3/c12-11(13)14-9-5-4-8-10-6-2-1-3-7-10/h1,10H,2-9H2. The van der Waals surface area contributed by atoms with E-state index in [1.54, 1.807) is 0 Å². The number of hydrogen-bond acceptors (Lipinski definition) is 3. The molecule has 1 aliphatic carbocycles. The lowest BCUT2D eigenvalue weighted by molar-refractivity contribution is -0.757. The first-order chi connectivity index (χ1) is 6.79. The molecule has 0 atom stereocenters. The fourth-order valence-electron chi connectivity index (χ4n) is 1.96. The molecule has 1 fully saturated rings. The number of hydrogen-bond donors (Lipinski definition) is 0. The van der Waals surface area contributed by atoms with E-state index in [4.69, 9.17) is 0 Å². The molecular formula is C10H18NO3. The second-order valence-electron chi connectivity index (χ2n) is 3.86. The summed E-state index contributed by atoms with van der Waals surface area (Å²) in [4.78, 5) is 14.1. The van der Waals surface area contributed by atoms with Gasteiger partial charge in [0.1, 0.15) is 0 Å². The average molecular weight is 200 g/mol. The second-order valence-corrected chi connectivity index (χ2v) is 3.86. The highest BCUT2D eigenvalue weighted by Crippen LogP contribution is 2.26. The zero-order chi connectivity index (χ0) is 10.2. The molecule has 4 heteroatoms. The van der Waals surface area contributed by atoms with E-state index in [2.05, 4.69) is 11.3 Å². The SMILES string of the molecule is O=[N+]([O-])OCCCCC1CC[CH]CC1. The second kappa shape index (κ2) is 6.62. The van der Waals surface area contributed by atoms with Gasteiger partial charge in [-0.15, -0.1) is 10.1 Å². The lowest BCUT2D eigenvalue weighted by Crippen LogP contribution is -2.07. The quantitative estimate of drug-likeness (QED) is 0.376. The van der Waals surface area contributed by atoms with E-state index in [0.29, 0.717) is 0 Å². The average Bonchev–Trinajstić information content (AvgIpc) is 2.18. The van der Waals surface area contributed by atoms with Crippen LogP contribution in [-0.4, -0.2) is 11.7 Å². The summed E-state index contributed by atoms with van der Waals surface area (Å²) < 4.78 is 0. The van der Waals surface area contributed by atoms with Crippen LogP contribution in [0.2, 0.25) is 0 Å². The zero-order valence-electron chi connectivity index (χ0n) is 8.48. The molecule has 1 radical (unpaired) electrons. The molecule has 81 valence electrons. The van der Waals surface area contributed by atoms with E-state index in [9.17, 15) is 10.1 Å². The molecule has 0 saturated heterocycles. The maximum atomic E-state index is 9.84. The van der Waals surface area contributed by atoms with Crippen LogP contribution in [-0.2, 0) is 4.84 Å². The van der Waals surface area contributed by atoms with Crippen molar-refractivity contribution in [1.82, 2.24) is 0 Å². The summed E-state index contributed by atoms with van der Waals surface area (Å²) >= 11 is 0. The maximum absolute atomic E-state index is 9.84. The van der Waals surface area contributed by atoms with Crippen LogP contribution in [0.3, 0.4) is 0 Å². The Morgan fingerprint density at radius 3 is 2.71 bits per heavy atom. The van der Waals surface area contributed by atoms with Gasteiger partial charge in [0.05, 0.1) is 6.61 Å². The zero-order valence-corrected chi connectivity index (χ0v) is 8.48. The molecule has 0 aromatic carbocycles. The summed E-state index contributed by atoms with van der Waals surface area (Å²) in [6.07, 6.45) is 10.5. The van der Waals surface area contributed by atoms with Crippen molar-refractivity contribution in [2.75, 3.05) is 6.61 Å². The molecule has 4 nitrogen and oxygen atoms in total. The molecule has 0 aromatic rings. The lowest BCUT2D eigenvalue weighted by atomic mass is 9.86. The molecule has 0 aromatic heterocycles. The molecule has 1 aliphatic rings. The predicted octanol–water partition coefficient (Wildman–Crippen LogP) is 2.76. The van der Waals surface area contributed by atoms with Crippen LogP contribution in [0.5, 0.6) is 0 Å². The Kier molecular flexibility index (Phi) is 5.33. The minimum absolute atomic E-state index is 0.256. The molecule has 0 unspecified atom stereocenters. The van der Waals surface area contributed by atoms with Crippen LogP contribution in [0.25, 0.3) is 0 Å². The Hall–Kier alpha value is -0.800. The molecule has 1 rings (SSSR count). The number of unbranched alkanes of at least 4 members (excludes halogenated alkanes) is 1. The molecule has 1 saturated carbocycles. The lowest BCUT2D eigenvalue weighted by Gasteiger charge is -2.20. The van der Waals surface area contributed by atoms with Gasteiger partial charge in [-0.05, 0) is 31.6 Å². The van der Waals surface area contributed by atoms with Gasteiger partial charge in [-0.25, -0.2) is 0 Å². The Morgan fingerprint density at radius 1 is 1.36 bits per heavy atom. The van der Waals surface area contributed by atoms with Crippen molar-refractivity contribution in [2.45, 2.75) is 44.9 Å². The molecule has 0 heterocycles. The van der Waals surface area contributed by atoms with Gasteiger partial charge in [-0.1, -0.05) is 25.7 Å². The van der Waals surface area contributed by atoms with E-state index < -0.39 is 5.09 Å². The van der Waals surface area contributed by atoms with Gasteiger partial charge < -0.3 is 4.84 Å². The molecule has 0 spiro atoms. The van der Waals surface area contributed by atoms with Crippen molar-refractivity contribution in [3.63, 3.8) is 0 Å². The summed E-state index contributed by atoms with van der Waals surface area (Å²) in [6.45, 7) is 0.256. The first kappa shape index (κ1) is 11.3. The van der Waals surface area contributed by atoms with E-state index >= 15 is 0 Å². The third kappa shape index (κ3) is 5.04. The highest BCUT2D eigenvalue weighted by molar-refractivity contribution is 4.76. The van der Waals surface area contributed by atoms with E-state index in [1.807, 2.05) is 0 Å². The summed E-state index contributed by atoms with van der Waals surface area (Å²) in [5, 5.41) is 9.13. The van der Waals surface area contributed by atoms with Crippen molar-refractivity contribution in [2.24, 2.45) is 5.92 Å². The first-order valence-corrected chi connectivity index (χ1v) is 5.38. The molecule has 0 N–H and O–H groups in total. The Balaban J connectivity index is 1.90. The Bertz CT molecular complexity index is 167. The monoisotopic (exact) mass is 200 g/mol. The van der Waals surface area contributed by atoms with Gasteiger partial charge in [-0.2, -0.15) is 0 Å². The van der Waals surface area contributed by atoms with Gasteiger partial charge in [0.2, 0.25) is 0 Å². The van der Waals surface area contributed by atoms with Crippen molar-refractivity contribution in [3.05, 3.63) is 16.5 Å². The first-order valence-electron chi connectivity index (χ1n) is 5.38. The highest BCUT2D eigenvalue weighted by atomic mass is 16.9. The molecule has 14 heavy (non-hydrogen) atoms. The van der Waals surface area contributed by atoms with Crippen molar-refractivity contribution in [3.8, 4) is 0 Å². The van der Waals surface area contributed by atoms with Crippen LogP contribution in [0, 0.1) is 22.5 Å². The summed E-state index contributed by atoms with van der Waals surface area (Å²) in [5.41, 5.74) is 0. The van der Waals surface area contributed by atoms with Gasteiger partial charge in [0, 0.05) is 0 Å². The predicted molar refractivity (Wildman–Crippen MR) is 53.1 cm³/mol. The molecule has 0 amide bonds. The largest absolute Gasteiger partial charge is 0.314 e. The summed E-state index contributed by atoms with van der Waals surface area (Å²) in [5.74, 6) is 0.843.